The summed E-state index contributed by atoms with van der Waals surface area (Å²) in [4.78, 5) is 11.3. The molecule has 2 nitrogen and oxygen atoms in total. The number of aliphatic carboxylic acids is 1. The highest BCUT2D eigenvalue weighted by atomic mass is 16.4. The van der Waals surface area contributed by atoms with E-state index in [0.717, 1.165) is 32.1 Å². The van der Waals surface area contributed by atoms with Crippen molar-refractivity contribution in [2.75, 3.05) is 0 Å². The molecule has 18 heavy (non-hydrogen) atoms. The second-order valence-electron chi connectivity index (χ2n) is 5.37. The zero-order chi connectivity index (χ0) is 12.8. The molecule has 2 rings (SSSR count). The number of carboxylic acid groups (broad SMARTS) is 1. The van der Waals surface area contributed by atoms with E-state index in [2.05, 4.69) is 24.3 Å². The van der Waals surface area contributed by atoms with Crippen molar-refractivity contribution in [3.8, 4) is 0 Å². The lowest BCUT2D eigenvalue weighted by atomic mass is 9.83. The Labute approximate surface area is 109 Å². The molecular weight excluding hydrogens is 224 g/mol. The van der Waals surface area contributed by atoms with Gasteiger partial charge in [-0.25, -0.2) is 0 Å². The molecule has 1 aliphatic carbocycles. The number of hydrogen-bond acceptors (Lipinski definition) is 1. The normalized spacial score (nSPS) is 24.4. The van der Waals surface area contributed by atoms with E-state index in [9.17, 15) is 9.90 Å². The van der Waals surface area contributed by atoms with Gasteiger partial charge in [0.15, 0.2) is 0 Å². The average Bonchev–Trinajstić information content (AvgIpc) is 2.63. The molecule has 0 aromatic heterocycles. The van der Waals surface area contributed by atoms with Crippen LogP contribution in [0.1, 0.15) is 44.1 Å². The van der Waals surface area contributed by atoms with Gasteiger partial charge in [-0.05, 0) is 37.2 Å². The summed E-state index contributed by atoms with van der Waals surface area (Å²) in [5.41, 5.74) is 1.32. The smallest absolute Gasteiger partial charge is 0.306 e. The van der Waals surface area contributed by atoms with Crippen molar-refractivity contribution in [3.05, 3.63) is 35.9 Å². The number of carbonyl (C=O) groups is 1. The van der Waals surface area contributed by atoms with Crippen molar-refractivity contribution >= 4 is 5.97 Å². The Morgan fingerprint density at radius 2 is 1.83 bits per heavy atom. The predicted molar refractivity (Wildman–Crippen MR) is 72.5 cm³/mol. The molecule has 0 spiro atoms. The van der Waals surface area contributed by atoms with Crippen LogP contribution in [-0.2, 0) is 11.2 Å². The van der Waals surface area contributed by atoms with E-state index < -0.39 is 5.97 Å². The first-order valence-electron chi connectivity index (χ1n) is 7.04. The molecule has 1 aromatic rings. The minimum Gasteiger partial charge on any atom is -0.481 e. The van der Waals surface area contributed by atoms with E-state index in [4.69, 9.17) is 0 Å². The Morgan fingerprint density at radius 1 is 1.11 bits per heavy atom. The van der Waals surface area contributed by atoms with E-state index in [-0.39, 0.29) is 5.92 Å². The van der Waals surface area contributed by atoms with Crippen LogP contribution >= 0.6 is 0 Å². The first-order chi connectivity index (χ1) is 8.77. The van der Waals surface area contributed by atoms with Gasteiger partial charge >= 0.3 is 5.97 Å². The third-order valence-electron chi connectivity index (χ3n) is 4.12. The monoisotopic (exact) mass is 246 g/mol. The van der Waals surface area contributed by atoms with Crippen LogP contribution in [0.2, 0.25) is 0 Å². The summed E-state index contributed by atoms with van der Waals surface area (Å²) in [5.74, 6) is -0.337. The van der Waals surface area contributed by atoms with Crippen LogP contribution in [-0.4, -0.2) is 11.1 Å². The summed E-state index contributed by atoms with van der Waals surface area (Å²) >= 11 is 0. The molecule has 1 N–H and O–H groups in total. The van der Waals surface area contributed by atoms with Crippen LogP contribution in [0, 0.1) is 11.8 Å². The van der Waals surface area contributed by atoms with Gasteiger partial charge in [-0.3, -0.25) is 4.79 Å². The van der Waals surface area contributed by atoms with E-state index in [0.29, 0.717) is 5.92 Å². The van der Waals surface area contributed by atoms with Gasteiger partial charge in [-0.1, -0.05) is 49.6 Å². The van der Waals surface area contributed by atoms with Gasteiger partial charge < -0.3 is 5.11 Å². The minimum atomic E-state index is -0.588. The van der Waals surface area contributed by atoms with Crippen LogP contribution in [0.4, 0.5) is 0 Å². The topological polar surface area (TPSA) is 37.3 Å². The van der Waals surface area contributed by atoms with E-state index in [1.54, 1.807) is 0 Å². The fourth-order valence-electron chi connectivity index (χ4n) is 3.05. The summed E-state index contributed by atoms with van der Waals surface area (Å²) in [7, 11) is 0. The van der Waals surface area contributed by atoms with Gasteiger partial charge in [-0.15, -0.1) is 0 Å². The maximum absolute atomic E-state index is 11.3. The first kappa shape index (κ1) is 13.1. The molecule has 0 amide bonds. The standard InChI is InChI=1S/C16H22O2/c17-16(18)15-10-6-2-5-9-14(15)12-11-13-7-3-1-4-8-13/h1,3-4,7-8,14-15H,2,5-6,9-12H2,(H,17,18). The molecule has 0 radical (unpaired) electrons. The van der Waals surface area contributed by atoms with Gasteiger partial charge in [0.25, 0.3) is 0 Å². The fourth-order valence-corrected chi connectivity index (χ4v) is 3.05. The Hall–Kier alpha value is -1.31. The lowest BCUT2D eigenvalue weighted by Crippen LogP contribution is -2.23. The van der Waals surface area contributed by atoms with Gasteiger partial charge in [0.05, 0.1) is 5.92 Å². The van der Waals surface area contributed by atoms with Gasteiger partial charge in [0.1, 0.15) is 0 Å². The molecule has 1 aliphatic rings. The van der Waals surface area contributed by atoms with Crippen molar-refractivity contribution < 1.29 is 9.90 Å². The van der Waals surface area contributed by atoms with E-state index in [1.807, 2.05) is 6.07 Å². The highest BCUT2D eigenvalue weighted by Gasteiger charge is 2.28. The third kappa shape index (κ3) is 3.59. The largest absolute Gasteiger partial charge is 0.481 e. The summed E-state index contributed by atoms with van der Waals surface area (Å²) in [6, 6.07) is 10.4. The highest BCUT2D eigenvalue weighted by molar-refractivity contribution is 5.70. The predicted octanol–water partition coefficient (Wildman–Crippen LogP) is 3.90. The zero-order valence-corrected chi connectivity index (χ0v) is 10.8. The molecule has 0 aliphatic heterocycles. The number of benzene rings is 1. The van der Waals surface area contributed by atoms with Crippen molar-refractivity contribution in [1.29, 1.82) is 0 Å². The van der Waals surface area contributed by atoms with Gasteiger partial charge in [-0.2, -0.15) is 0 Å². The zero-order valence-electron chi connectivity index (χ0n) is 10.8. The van der Waals surface area contributed by atoms with Crippen LogP contribution < -0.4 is 0 Å². The first-order valence-corrected chi connectivity index (χ1v) is 7.04. The second kappa shape index (κ2) is 6.58. The highest BCUT2D eigenvalue weighted by Crippen LogP contribution is 2.32. The van der Waals surface area contributed by atoms with Crippen LogP contribution in [0.25, 0.3) is 0 Å². The lowest BCUT2D eigenvalue weighted by molar-refractivity contribution is -0.144. The Morgan fingerprint density at radius 3 is 2.56 bits per heavy atom. The average molecular weight is 246 g/mol. The molecule has 2 heteroatoms. The molecule has 2 atom stereocenters. The summed E-state index contributed by atoms with van der Waals surface area (Å²) in [6.07, 6.45) is 7.46. The Bertz CT molecular complexity index is 372. The van der Waals surface area contributed by atoms with Gasteiger partial charge in [0, 0.05) is 0 Å². The van der Waals surface area contributed by atoms with E-state index >= 15 is 0 Å². The minimum absolute atomic E-state index is 0.115. The van der Waals surface area contributed by atoms with E-state index in [1.165, 1.54) is 18.4 Å². The van der Waals surface area contributed by atoms with Crippen LogP contribution in [0.3, 0.4) is 0 Å². The van der Waals surface area contributed by atoms with Crippen molar-refractivity contribution in [3.63, 3.8) is 0 Å². The Kier molecular flexibility index (Phi) is 4.80. The van der Waals surface area contributed by atoms with Crippen molar-refractivity contribution in [2.45, 2.75) is 44.9 Å². The Balaban J connectivity index is 1.94. The molecule has 0 saturated heterocycles. The van der Waals surface area contributed by atoms with Crippen LogP contribution in [0.5, 0.6) is 0 Å². The summed E-state index contributed by atoms with van der Waals surface area (Å²) < 4.78 is 0. The second-order valence-corrected chi connectivity index (χ2v) is 5.37. The molecule has 2 unspecified atom stereocenters. The van der Waals surface area contributed by atoms with Crippen molar-refractivity contribution in [1.82, 2.24) is 0 Å². The van der Waals surface area contributed by atoms with Crippen LogP contribution in [0.15, 0.2) is 30.3 Å². The molecule has 98 valence electrons. The lowest BCUT2D eigenvalue weighted by Gasteiger charge is -2.21. The number of aryl methyl sites for hydroxylation is 1. The number of hydrogen-bond donors (Lipinski definition) is 1. The summed E-state index contributed by atoms with van der Waals surface area (Å²) in [6.45, 7) is 0. The summed E-state index contributed by atoms with van der Waals surface area (Å²) in [5, 5.41) is 9.33. The molecule has 0 bridgehead atoms. The number of carboxylic acids is 1. The molecule has 0 heterocycles. The maximum atomic E-state index is 11.3. The van der Waals surface area contributed by atoms with Crippen molar-refractivity contribution in [2.24, 2.45) is 11.8 Å². The maximum Gasteiger partial charge on any atom is 0.306 e. The molecule has 1 fully saturated rings. The fraction of sp³-hybridized carbons (Fsp3) is 0.562. The molecule has 1 aromatic carbocycles. The quantitative estimate of drug-likeness (QED) is 0.818. The molecule has 1 saturated carbocycles. The molecular formula is C16H22O2. The number of rotatable bonds is 4. The van der Waals surface area contributed by atoms with Gasteiger partial charge in [0.2, 0.25) is 0 Å². The third-order valence-corrected chi connectivity index (χ3v) is 4.12. The SMILES string of the molecule is O=C(O)C1CCCCCC1CCc1ccccc1.